The predicted octanol–water partition coefficient (Wildman–Crippen LogP) is -0.647. The third kappa shape index (κ3) is 1.57. The van der Waals surface area contributed by atoms with Gasteiger partial charge < -0.3 is 4.90 Å². The Labute approximate surface area is 65.6 Å². The second kappa shape index (κ2) is 3.00. The van der Waals surface area contributed by atoms with E-state index in [1.165, 1.54) is 13.8 Å². The van der Waals surface area contributed by atoms with Crippen LogP contribution in [0.3, 0.4) is 0 Å². The van der Waals surface area contributed by atoms with Crippen molar-refractivity contribution in [2.24, 2.45) is 0 Å². The fourth-order valence-electron chi connectivity index (χ4n) is 1.26. The zero-order valence-electron chi connectivity index (χ0n) is 6.76. The largest absolute Gasteiger partial charge is 0.319 e. The molecule has 0 radical (unpaired) electrons. The van der Waals surface area contributed by atoms with Gasteiger partial charge in [-0.25, -0.2) is 0 Å². The Morgan fingerprint density at radius 2 is 2.09 bits per heavy atom. The van der Waals surface area contributed by atoms with Crippen LogP contribution in [0, 0.1) is 0 Å². The summed E-state index contributed by atoms with van der Waals surface area (Å²) in [6, 6.07) is 0. The number of ketones is 1. The molecule has 4 nitrogen and oxygen atoms in total. The van der Waals surface area contributed by atoms with Gasteiger partial charge in [0.05, 0.1) is 0 Å². The Bertz CT molecular complexity index is 171. The number of hydrogen-bond donors (Lipinski definition) is 1. The van der Waals surface area contributed by atoms with Gasteiger partial charge in [-0.1, -0.05) is 0 Å². The van der Waals surface area contributed by atoms with Crippen LogP contribution >= 0.6 is 0 Å². The lowest BCUT2D eigenvalue weighted by molar-refractivity contribution is -0.135. The predicted molar refractivity (Wildman–Crippen MR) is 39.9 cm³/mol. The maximum atomic E-state index is 10.9. The highest BCUT2D eigenvalue weighted by Gasteiger charge is 2.28. The molecule has 0 aliphatic carbocycles. The fourth-order valence-corrected chi connectivity index (χ4v) is 1.26. The van der Waals surface area contributed by atoms with Gasteiger partial charge in [0.15, 0.2) is 5.78 Å². The number of carbonyl (C=O) groups excluding carboxylic acids is 2. The summed E-state index contributed by atoms with van der Waals surface area (Å²) in [7, 11) is 0. The first-order valence-electron chi connectivity index (χ1n) is 3.64. The average molecular weight is 156 g/mol. The van der Waals surface area contributed by atoms with Crippen LogP contribution in [0.15, 0.2) is 0 Å². The van der Waals surface area contributed by atoms with Gasteiger partial charge in [-0.15, -0.1) is 0 Å². The maximum absolute atomic E-state index is 10.9. The van der Waals surface area contributed by atoms with E-state index < -0.39 is 0 Å². The first-order valence-corrected chi connectivity index (χ1v) is 3.64. The topological polar surface area (TPSA) is 49.4 Å². The van der Waals surface area contributed by atoms with Gasteiger partial charge in [-0.05, 0) is 6.92 Å². The van der Waals surface area contributed by atoms with E-state index in [1.54, 1.807) is 4.90 Å². The first kappa shape index (κ1) is 8.20. The SMILES string of the molecule is CC(=O)C1NCCN1C(C)=O. The molecule has 1 rings (SSSR count). The Morgan fingerprint density at radius 3 is 2.45 bits per heavy atom. The van der Waals surface area contributed by atoms with Crippen LogP contribution in [-0.2, 0) is 9.59 Å². The lowest BCUT2D eigenvalue weighted by Gasteiger charge is -2.19. The molecule has 1 fully saturated rings. The van der Waals surface area contributed by atoms with Crippen LogP contribution in [0.1, 0.15) is 13.8 Å². The molecule has 0 bridgehead atoms. The molecule has 62 valence electrons. The molecule has 11 heavy (non-hydrogen) atoms. The van der Waals surface area contributed by atoms with Crippen molar-refractivity contribution in [1.29, 1.82) is 0 Å². The van der Waals surface area contributed by atoms with Crippen molar-refractivity contribution in [3.63, 3.8) is 0 Å². The van der Waals surface area contributed by atoms with E-state index in [0.29, 0.717) is 13.1 Å². The van der Waals surface area contributed by atoms with Crippen molar-refractivity contribution in [3.8, 4) is 0 Å². The van der Waals surface area contributed by atoms with Crippen molar-refractivity contribution in [2.75, 3.05) is 13.1 Å². The third-order valence-electron chi connectivity index (χ3n) is 1.79. The molecule has 1 aliphatic rings. The minimum Gasteiger partial charge on any atom is -0.319 e. The Balaban J connectivity index is 2.65. The molecule has 0 aromatic heterocycles. The van der Waals surface area contributed by atoms with E-state index in [1.807, 2.05) is 0 Å². The molecular formula is C7H12N2O2. The van der Waals surface area contributed by atoms with Crippen molar-refractivity contribution in [1.82, 2.24) is 10.2 Å². The van der Waals surface area contributed by atoms with Crippen LogP contribution in [0.25, 0.3) is 0 Å². The van der Waals surface area contributed by atoms with Crippen LogP contribution in [0.2, 0.25) is 0 Å². The minimum atomic E-state index is -0.382. The molecule has 0 spiro atoms. The fraction of sp³-hybridized carbons (Fsp3) is 0.714. The summed E-state index contributed by atoms with van der Waals surface area (Å²) in [4.78, 5) is 23.3. The lowest BCUT2D eigenvalue weighted by Crippen LogP contribution is -2.43. The second-order valence-electron chi connectivity index (χ2n) is 2.68. The molecule has 1 heterocycles. The normalized spacial score (nSPS) is 23.8. The van der Waals surface area contributed by atoms with Crippen LogP contribution in [0.5, 0.6) is 0 Å². The number of amides is 1. The van der Waals surface area contributed by atoms with Crippen molar-refractivity contribution in [3.05, 3.63) is 0 Å². The molecule has 0 aromatic rings. The molecule has 1 amide bonds. The minimum absolute atomic E-state index is 0.00213. The molecule has 0 aromatic carbocycles. The summed E-state index contributed by atoms with van der Waals surface area (Å²) in [6.45, 7) is 4.31. The first-order chi connectivity index (χ1) is 5.13. The molecular weight excluding hydrogens is 144 g/mol. The van der Waals surface area contributed by atoms with Crippen LogP contribution in [0.4, 0.5) is 0 Å². The van der Waals surface area contributed by atoms with E-state index in [0.717, 1.165) is 0 Å². The van der Waals surface area contributed by atoms with E-state index >= 15 is 0 Å². The summed E-state index contributed by atoms with van der Waals surface area (Å²) in [5.74, 6) is -0.0482. The maximum Gasteiger partial charge on any atom is 0.221 e. The summed E-state index contributed by atoms with van der Waals surface area (Å²) >= 11 is 0. The number of carbonyl (C=O) groups is 2. The summed E-state index contributed by atoms with van der Waals surface area (Å²) < 4.78 is 0. The number of nitrogens with zero attached hydrogens (tertiary/aromatic N) is 1. The quantitative estimate of drug-likeness (QED) is 0.549. The van der Waals surface area contributed by atoms with Gasteiger partial charge in [-0.3, -0.25) is 14.9 Å². The van der Waals surface area contributed by atoms with Gasteiger partial charge in [0.25, 0.3) is 0 Å². The van der Waals surface area contributed by atoms with Crippen LogP contribution in [-0.4, -0.2) is 35.8 Å². The van der Waals surface area contributed by atoms with Crippen molar-refractivity contribution >= 4 is 11.7 Å². The van der Waals surface area contributed by atoms with Gasteiger partial charge in [-0.2, -0.15) is 0 Å². The Kier molecular flexibility index (Phi) is 2.24. The van der Waals surface area contributed by atoms with E-state index in [-0.39, 0.29) is 17.9 Å². The zero-order valence-corrected chi connectivity index (χ0v) is 6.76. The van der Waals surface area contributed by atoms with Gasteiger partial charge in [0, 0.05) is 20.0 Å². The monoisotopic (exact) mass is 156 g/mol. The van der Waals surface area contributed by atoms with Gasteiger partial charge >= 0.3 is 0 Å². The molecule has 4 heteroatoms. The van der Waals surface area contributed by atoms with E-state index in [2.05, 4.69) is 5.32 Å². The molecule has 1 saturated heterocycles. The summed E-state index contributed by atoms with van der Waals surface area (Å²) in [5.41, 5.74) is 0. The molecule has 1 unspecified atom stereocenters. The van der Waals surface area contributed by atoms with Crippen LogP contribution < -0.4 is 5.32 Å². The number of Topliss-reactive ketones (excluding diaryl/α,β-unsaturated/α-hetero) is 1. The average Bonchev–Trinajstić information content (AvgIpc) is 2.32. The highest BCUT2D eigenvalue weighted by molar-refractivity contribution is 5.86. The van der Waals surface area contributed by atoms with Crippen molar-refractivity contribution < 1.29 is 9.59 Å². The number of nitrogens with one attached hydrogen (secondary N) is 1. The van der Waals surface area contributed by atoms with Gasteiger partial charge in [0.2, 0.25) is 5.91 Å². The second-order valence-corrected chi connectivity index (χ2v) is 2.68. The van der Waals surface area contributed by atoms with Gasteiger partial charge in [0.1, 0.15) is 6.17 Å². The zero-order chi connectivity index (χ0) is 8.43. The molecule has 1 atom stereocenters. The molecule has 1 N–H and O–H groups in total. The standard InChI is InChI=1S/C7H12N2O2/c1-5(10)7-8-3-4-9(7)6(2)11/h7-8H,3-4H2,1-2H3. The smallest absolute Gasteiger partial charge is 0.221 e. The highest BCUT2D eigenvalue weighted by atomic mass is 16.2. The Morgan fingerprint density at radius 1 is 1.45 bits per heavy atom. The van der Waals surface area contributed by atoms with E-state index in [9.17, 15) is 9.59 Å². The third-order valence-corrected chi connectivity index (χ3v) is 1.79. The lowest BCUT2D eigenvalue weighted by atomic mass is 10.3. The summed E-state index contributed by atoms with van der Waals surface area (Å²) in [6.07, 6.45) is -0.382. The summed E-state index contributed by atoms with van der Waals surface area (Å²) in [5, 5.41) is 2.94. The number of rotatable bonds is 1. The number of hydrogen-bond acceptors (Lipinski definition) is 3. The molecule has 0 saturated carbocycles. The Hall–Kier alpha value is -0.900. The molecule has 1 aliphatic heterocycles. The highest BCUT2D eigenvalue weighted by Crippen LogP contribution is 2.03. The van der Waals surface area contributed by atoms with E-state index in [4.69, 9.17) is 0 Å². The van der Waals surface area contributed by atoms with Crippen molar-refractivity contribution in [2.45, 2.75) is 20.0 Å².